The van der Waals surface area contributed by atoms with Crippen LogP contribution in [0.3, 0.4) is 0 Å². The SMILES string of the molecule is CCCCn1c(SCC(=O)Nc2ccccc2OCC)nc2ccccc2c1=O. The molecule has 1 aromatic heterocycles. The number of aromatic nitrogens is 2. The highest BCUT2D eigenvalue weighted by Gasteiger charge is 2.14. The van der Waals surface area contributed by atoms with Crippen molar-refractivity contribution in [1.82, 2.24) is 9.55 Å². The van der Waals surface area contributed by atoms with Crippen molar-refractivity contribution in [2.24, 2.45) is 0 Å². The summed E-state index contributed by atoms with van der Waals surface area (Å²) in [5.74, 6) is 0.612. The van der Waals surface area contributed by atoms with Crippen LogP contribution in [-0.4, -0.2) is 27.8 Å². The molecule has 0 saturated carbocycles. The first-order valence-electron chi connectivity index (χ1n) is 9.78. The molecule has 2 aromatic carbocycles. The van der Waals surface area contributed by atoms with Crippen molar-refractivity contribution >= 4 is 34.3 Å². The van der Waals surface area contributed by atoms with Gasteiger partial charge in [-0.3, -0.25) is 14.2 Å². The number of benzene rings is 2. The van der Waals surface area contributed by atoms with Crippen LogP contribution in [0.2, 0.25) is 0 Å². The fraction of sp³-hybridized carbons (Fsp3) is 0.318. The summed E-state index contributed by atoms with van der Waals surface area (Å²) in [6.07, 6.45) is 1.85. The Morgan fingerprint density at radius 1 is 1.14 bits per heavy atom. The molecule has 1 heterocycles. The number of carbonyl (C=O) groups excluding carboxylic acids is 1. The number of thioether (sulfide) groups is 1. The van der Waals surface area contributed by atoms with E-state index in [1.165, 1.54) is 11.8 Å². The van der Waals surface area contributed by atoms with E-state index in [0.29, 0.717) is 40.6 Å². The fourth-order valence-corrected chi connectivity index (χ4v) is 3.76. The summed E-state index contributed by atoms with van der Waals surface area (Å²) in [6.45, 7) is 5.08. The van der Waals surface area contributed by atoms with Crippen molar-refractivity contribution in [2.45, 2.75) is 38.4 Å². The number of nitrogens with one attached hydrogen (secondary N) is 1. The first-order valence-corrected chi connectivity index (χ1v) is 10.8. The predicted molar refractivity (Wildman–Crippen MR) is 118 cm³/mol. The van der Waals surface area contributed by atoms with Gasteiger partial charge in [0, 0.05) is 6.54 Å². The average molecular weight is 412 g/mol. The molecule has 0 aliphatic rings. The number of ether oxygens (including phenoxy) is 1. The third-order valence-corrected chi connectivity index (χ3v) is 5.33. The van der Waals surface area contributed by atoms with Crippen LogP contribution < -0.4 is 15.6 Å². The summed E-state index contributed by atoms with van der Waals surface area (Å²) >= 11 is 1.27. The Kier molecular flexibility index (Phi) is 7.30. The van der Waals surface area contributed by atoms with Gasteiger partial charge in [0.1, 0.15) is 5.75 Å². The van der Waals surface area contributed by atoms with Gasteiger partial charge in [-0.1, -0.05) is 49.4 Å². The van der Waals surface area contributed by atoms with E-state index in [1.54, 1.807) is 16.7 Å². The molecule has 0 aliphatic carbocycles. The molecule has 7 heteroatoms. The van der Waals surface area contributed by atoms with E-state index in [2.05, 4.69) is 17.2 Å². The van der Waals surface area contributed by atoms with Crippen molar-refractivity contribution in [3.05, 3.63) is 58.9 Å². The molecule has 0 saturated heterocycles. The van der Waals surface area contributed by atoms with Crippen LogP contribution in [0.15, 0.2) is 58.5 Å². The van der Waals surface area contributed by atoms with Crippen molar-refractivity contribution in [1.29, 1.82) is 0 Å². The second-order valence-corrected chi connectivity index (χ2v) is 7.43. The number of anilines is 1. The normalized spacial score (nSPS) is 10.8. The van der Waals surface area contributed by atoms with Gasteiger partial charge in [0.05, 0.1) is 29.0 Å². The topological polar surface area (TPSA) is 73.2 Å². The van der Waals surface area contributed by atoms with Crippen molar-refractivity contribution < 1.29 is 9.53 Å². The third-order valence-electron chi connectivity index (χ3n) is 4.36. The van der Waals surface area contributed by atoms with E-state index in [-0.39, 0.29) is 17.2 Å². The van der Waals surface area contributed by atoms with E-state index in [9.17, 15) is 9.59 Å². The smallest absolute Gasteiger partial charge is 0.262 e. The minimum atomic E-state index is -0.174. The van der Waals surface area contributed by atoms with Gasteiger partial charge < -0.3 is 10.1 Å². The number of fused-ring (bicyclic) bond motifs is 1. The molecule has 152 valence electrons. The lowest BCUT2D eigenvalue weighted by Crippen LogP contribution is -2.24. The summed E-state index contributed by atoms with van der Waals surface area (Å²) in [5.41, 5.74) is 1.22. The van der Waals surface area contributed by atoms with Crippen molar-refractivity contribution in [3.63, 3.8) is 0 Å². The molecule has 0 spiro atoms. The molecule has 0 fully saturated rings. The number of nitrogens with zero attached hydrogens (tertiary/aromatic N) is 2. The highest BCUT2D eigenvalue weighted by atomic mass is 32.2. The molecule has 0 aliphatic heterocycles. The first kappa shape index (κ1) is 20.9. The number of para-hydroxylation sites is 3. The molecular formula is C22H25N3O3S. The largest absolute Gasteiger partial charge is 0.492 e. The van der Waals surface area contributed by atoms with Gasteiger partial charge in [-0.05, 0) is 37.6 Å². The van der Waals surface area contributed by atoms with Gasteiger partial charge in [0.2, 0.25) is 5.91 Å². The van der Waals surface area contributed by atoms with E-state index in [1.807, 2.05) is 43.3 Å². The summed E-state index contributed by atoms with van der Waals surface area (Å²) in [6, 6.07) is 14.6. The minimum Gasteiger partial charge on any atom is -0.492 e. The molecule has 6 nitrogen and oxygen atoms in total. The molecule has 0 bridgehead atoms. The number of rotatable bonds is 9. The predicted octanol–water partition coefficient (Wildman–Crippen LogP) is 4.33. The van der Waals surface area contributed by atoms with Crippen LogP contribution in [0.4, 0.5) is 5.69 Å². The average Bonchev–Trinajstić information content (AvgIpc) is 2.73. The fourth-order valence-electron chi connectivity index (χ4n) is 2.94. The highest BCUT2D eigenvalue weighted by Crippen LogP contribution is 2.24. The molecular weight excluding hydrogens is 386 g/mol. The Hall–Kier alpha value is -2.80. The number of hydrogen-bond acceptors (Lipinski definition) is 5. The Morgan fingerprint density at radius 3 is 2.69 bits per heavy atom. The monoisotopic (exact) mass is 411 g/mol. The number of amides is 1. The van der Waals surface area contributed by atoms with Crippen molar-refractivity contribution in [3.8, 4) is 5.75 Å². The van der Waals surface area contributed by atoms with Crippen LogP contribution in [-0.2, 0) is 11.3 Å². The highest BCUT2D eigenvalue weighted by molar-refractivity contribution is 7.99. The maximum absolute atomic E-state index is 12.9. The van der Waals surface area contributed by atoms with Crippen LogP contribution in [0.25, 0.3) is 10.9 Å². The van der Waals surface area contributed by atoms with E-state index < -0.39 is 0 Å². The summed E-state index contributed by atoms with van der Waals surface area (Å²) < 4.78 is 7.23. The summed E-state index contributed by atoms with van der Waals surface area (Å²) in [4.78, 5) is 30.0. The van der Waals surface area contributed by atoms with Crippen molar-refractivity contribution in [2.75, 3.05) is 17.7 Å². The maximum atomic E-state index is 12.9. The molecule has 29 heavy (non-hydrogen) atoms. The van der Waals surface area contributed by atoms with E-state index in [0.717, 1.165) is 12.8 Å². The first-order chi connectivity index (χ1) is 14.1. The van der Waals surface area contributed by atoms with E-state index >= 15 is 0 Å². The zero-order valence-electron chi connectivity index (χ0n) is 16.7. The van der Waals surface area contributed by atoms with Gasteiger partial charge in [0.15, 0.2) is 5.16 Å². The minimum absolute atomic E-state index is 0.0614. The lowest BCUT2D eigenvalue weighted by molar-refractivity contribution is -0.113. The molecule has 0 unspecified atom stereocenters. The summed E-state index contributed by atoms with van der Waals surface area (Å²) in [5, 5.41) is 4.05. The molecule has 3 rings (SSSR count). The lowest BCUT2D eigenvalue weighted by Gasteiger charge is -2.13. The van der Waals surface area contributed by atoms with E-state index in [4.69, 9.17) is 4.74 Å². The zero-order chi connectivity index (χ0) is 20.6. The zero-order valence-corrected chi connectivity index (χ0v) is 17.5. The van der Waals surface area contributed by atoms with Gasteiger partial charge in [0.25, 0.3) is 5.56 Å². The van der Waals surface area contributed by atoms with Gasteiger partial charge >= 0.3 is 0 Å². The molecule has 1 N–H and O–H groups in total. The van der Waals surface area contributed by atoms with Gasteiger partial charge in [-0.2, -0.15) is 0 Å². The van der Waals surface area contributed by atoms with Crippen LogP contribution in [0, 0.1) is 0 Å². The number of unbranched alkanes of at least 4 members (excludes halogenated alkanes) is 1. The van der Waals surface area contributed by atoms with Crippen LogP contribution in [0.5, 0.6) is 5.75 Å². The quantitative estimate of drug-likeness (QED) is 0.419. The molecule has 0 atom stereocenters. The second kappa shape index (κ2) is 10.1. The number of hydrogen-bond donors (Lipinski definition) is 1. The molecule has 3 aromatic rings. The van der Waals surface area contributed by atoms with Crippen LogP contribution in [0.1, 0.15) is 26.7 Å². The molecule has 1 amide bonds. The summed E-state index contributed by atoms with van der Waals surface area (Å²) in [7, 11) is 0. The maximum Gasteiger partial charge on any atom is 0.262 e. The number of carbonyl (C=O) groups is 1. The second-order valence-electron chi connectivity index (χ2n) is 6.49. The third kappa shape index (κ3) is 5.17. The Bertz CT molecular complexity index is 1050. The van der Waals surface area contributed by atoms with Gasteiger partial charge in [-0.15, -0.1) is 0 Å². The Labute approximate surface area is 174 Å². The van der Waals surface area contributed by atoms with Crippen LogP contribution >= 0.6 is 11.8 Å². The standard InChI is InChI=1S/C22H25N3O3S/c1-3-5-14-25-21(27)16-10-6-7-11-17(16)24-22(25)29-15-20(26)23-18-12-8-9-13-19(18)28-4-2/h6-13H,3-5,14-15H2,1-2H3,(H,23,26). The van der Waals surface area contributed by atoms with Gasteiger partial charge in [-0.25, -0.2) is 4.98 Å². The lowest BCUT2D eigenvalue weighted by atomic mass is 10.2. The Balaban J connectivity index is 1.79. The molecule has 0 radical (unpaired) electrons. The Morgan fingerprint density at radius 2 is 1.90 bits per heavy atom.